The fourth-order valence-electron chi connectivity index (χ4n) is 4.37. The molecule has 7 heteroatoms. The molecule has 1 aliphatic heterocycles. The molecule has 1 saturated heterocycles. The second kappa shape index (κ2) is 10.4. The van der Waals surface area contributed by atoms with Crippen molar-refractivity contribution >= 4 is 23.5 Å². The number of carboxylic acid groups (broad SMARTS) is 1. The van der Waals surface area contributed by atoms with Crippen molar-refractivity contribution < 1.29 is 24.2 Å². The van der Waals surface area contributed by atoms with Gasteiger partial charge in [-0.25, -0.2) is 4.79 Å². The van der Waals surface area contributed by atoms with Gasteiger partial charge >= 0.3 is 5.97 Å². The van der Waals surface area contributed by atoms with Crippen LogP contribution in [0.15, 0.2) is 42.5 Å². The number of carbonyl (C=O) groups excluding carboxylic acids is 1. The Bertz CT molecular complexity index is 979. The zero-order valence-corrected chi connectivity index (χ0v) is 19.4. The fourth-order valence-corrected chi connectivity index (χ4v) is 4.57. The number of carboxylic acids is 1. The van der Waals surface area contributed by atoms with Gasteiger partial charge in [-0.05, 0) is 48.7 Å². The second-order valence-corrected chi connectivity index (χ2v) is 9.06. The van der Waals surface area contributed by atoms with Gasteiger partial charge in [0.25, 0.3) is 0 Å². The van der Waals surface area contributed by atoms with E-state index in [1.165, 1.54) is 6.92 Å². The van der Waals surface area contributed by atoms with Gasteiger partial charge in [0.2, 0.25) is 5.91 Å². The van der Waals surface area contributed by atoms with Gasteiger partial charge in [0, 0.05) is 35.9 Å². The molecule has 1 fully saturated rings. The zero-order valence-electron chi connectivity index (χ0n) is 18.7. The monoisotopic (exact) mass is 459 g/mol. The smallest absolute Gasteiger partial charge is 0.341 e. The molecule has 0 aromatic heterocycles. The number of hydrogen-bond donors (Lipinski definition) is 2. The third kappa shape index (κ3) is 6.24. The van der Waals surface area contributed by atoms with Crippen molar-refractivity contribution in [3.05, 3.63) is 64.2 Å². The molecule has 172 valence electrons. The summed E-state index contributed by atoms with van der Waals surface area (Å²) in [4.78, 5) is 23.1. The quantitative estimate of drug-likeness (QED) is 0.563. The third-order valence-corrected chi connectivity index (χ3v) is 5.84. The van der Waals surface area contributed by atoms with Crippen LogP contribution in [0.2, 0.25) is 5.02 Å². The molecule has 32 heavy (non-hydrogen) atoms. The molecule has 3 rings (SSSR count). The lowest BCUT2D eigenvalue weighted by atomic mass is 9.81. The molecular formula is C25H30ClNO5. The van der Waals surface area contributed by atoms with Crippen LogP contribution in [-0.4, -0.2) is 29.1 Å². The van der Waals surface area contributed by atoms with Gasteiger partial charge in [0.15, 0.2) is 6.61 Å². The van der Waals surface area contributed by atoms with Crippen molar-refractivity contribution in [1.82, 2.24) is 5.32 Å². The van der Waals surface area contributed by atoms with Crippen LogP contribution in [0.3, 0.4) is 0 Å². The van der Waals surface area contributed by atoms with E-state index in [0.717, 1.165) is 29.5 Å². The molecule has 2 aromatic carbocycles. The highest BCUT2D eigenvalue weighted by Crippen LogP contribution is 2.46. The highest BCUT2D eigenvalue weighted by Gasteiger charge is 2.41. The molecule has 0 spiro atoms. The number of benzene rings is 2. The lowest BCUT2D eigenvalue weighted by Gasteiger charge is -2.43. The van der Waals surface area contributed by atoms with Crippen LogP contribution >= 0.6 is 11.6 Å². The Balaban J connectivity index is 2.02. The third-order valence-electron chi connectivity index (χ3n) is 5.61. The maximum atomic E-state index is 12.0. The van der Waals surface area contributed by atoms with Gasteiger partial charge in [-0.3, -0.25) is 4.79 Å². The summed E-state index contributed by atoms with van der Waals surface area (Å²) >= 11 is 6.22. The Hall–Kier alpha value is -2.57. The molecule has 1 heterocycles. The minimum Gasteiger partial charge on any atom is -0.482 e. The molecule has 0 bridgehead atoms. The van der Waals surface area contributed by atoms with Crippen LogP contribution in [-0.2, 0) is 20.7 Å². The minimum absolute atomic E-state index is 0.111. The molecule has 0 saturated carbocycles. The molecule has 2 aromatic rings. The first-order valence-corrected chi connectivity index (χ1v) is 11.2. The average Bonchev–Trinajstić information content (AvgIpc) is 2.71. The first-order chi connectivity index (χ1) is 15.2. The summed E-state index contributed by atoms with van der Waals surface area (Å²) in [6, 6.07) is 13.3. The normalized spacial score (nSPS) is 22.9. The second-order valence-electron chi connectivity index (χ2n) is 8.62. The van der Waals surface area contributed by atoms with Gasteiger partial charge in [-0.2, -0.15) is 0 Å². The Morgan fingerprint density at radius 1 is 1.22 bits per heavy atom. The van der Waals surface area contributed by atoms with Gasteiger partial charge in [0.05, 0.1) is 12.2 Å². The molecule has 1 aliphatic rings. The summed E-state index contributed by atoms with van der Waals surface area (Å²) < 4.78 is 12.1. The summed E-state index contributed by atoms with van der Waals surface area (Å²) in [5.41, 5.74) is 2.32. The van der Waals surface area contributed by atoms with Crippen LogP contribution < -0.4 is 10.1 Å². The van der Waals surface area contributed by atoms with E-state index in [2.05, 4.69) is 12.2 Å². The number of hydrogen-bond acceptors (Lipinski definition) is 4. The van der Waals surface area contributed by atoms with E-state index in [9.17, 15) is 9.59 Å². The van der Waals surface area contributed by atoms with Crippen molar-refractivity contribution in [1.29, 1.82) is 0 Å². The molecule has 6 nitrogen and oxygen atoms in total. The first-order valence-electron chi connectivity index (χ1n) is 10.9. The van der Waals surface area contributed by atoms with Crippen molar-refractivity contribution in [2.75, 3.05) is 6.61 Å². The van der Waals surface area contributed by atoms with E-state index in [1.54, 1.807) is 0 Å². The highest BCUT2D eigenvalue weighted by atomic mass is 35.5. The van der Waals surface area contributed by atoms with E-state index in [1.807, 2.05) is 49.4 Å². The van der Waals surface area contributed by atoms with Crippen LogP contribution in [0.4, 0.5) is 0 Å². The topological polar surface area (TPSA) is 84.9 Å². The molecule has 0 radical (unpaired) electrons. The van der Waals surface area contributed by atoms with Gasteiger partial charge in [0.1, 0.15) is 5.75 Å². The predicted molar refractivity (Wildman–Crippen MR) is 123 cm³/mol. The van der Waals surface area contributed by atoms with E-state index in [-0.39, 0.29) is 12.0 Å². The molecule has 0 aliphatic carbocycles. The first kappa shape index (κ1) is 24.1. The van der Waals surface area contributed by atoms with E-state index < -0.39 is 24.2 Å². The minimum atomic E-state index is -1.04. The standard InChI is InChI=1S/C25H30ClNO5/c1-4-6-17-9-10-21(31-15-24(29)30)20(11-17)23-14-25(3,27-16(2)28)13-22(32-23)18-7-5-8-19(26)12-18/h5,7-12,22-23H,4,6,13-15H2,1-3H3,(H,27,28)(H,29,30)/t22-,23+,25+/m0/s1. The number of halogens is 1. The summed E-state index contributed by atoms with van der Waals surface area (Å²) in [5.74, 6) is -0.674. The van der Waals surface area contributed by atoms with E-state index >= 15 is 0 Å². The average molecular weight is 460 g/mol. The number of rotatable bonds is 8. The van der Waals surface area contributed by atoms with Gasteiger partial charge < -0.3 is 19.9 Å². The van der Waals surface area contributed by atoms with E-state index in [0.29, 0.717) is 23.6 Å². The SMILES string of the molecule is CCCc1ccc(OCC(=O)O)c([C@H]2C[C@](C)(NC(C)=O)C[C@@H](c3cccc(Cl)c3)O2)c1. The van der Waals surface area contributed by atoms with Crippen molar-refractivity contribution in [3.8, 4) is 5.75 Å². The summed E-state index contributed by atoms with van der Waals surface area (Å²) in [7, 11) is 0. The van der Waals surface area contributed by atoms with Crippen molar-refractivity contribution in [3.63, 3.8) is 0 Å². The summed E-state index contributed by atoms with van der Waals surface area (Å²) in [6.45, 7) is 5.19. The number of ether oxygens (including phenoxy) is 2. The largest absolute Gasteiger partial charge is 0.482 e. The molecule has 1 amide bonds. The zero-order chi connectivity index (χ0) is 23.3. The Labute approximate surface area is 193 Å². The van der Waals surface area contributed by atoms with Crippen molar-refractivity contribution in [2.45, 2.75) is 64.2 Å². The lowest BCUT2D eigenvalue weighted by Crippen LogP contribution is -2.50. The van der Waals surface area contributed by atoms with Crippen LogP contribution in [0.5, 0.6) is 5.75 Å². The maximum absolute atomic E-state index is 12.0. The Morgan fingerprint density at radius 2 is 1.97 bits per heavy atom. The fraction of sp³-hybridized carbons (Fsp3) is 0.440. The number of amides is 1. The summed E-state index contributed by atoms with van der Waals surface area (Å²) in [5, 5.41) is 12.8. The predicted octanol–water partition coefficient (Wildman–Crippen LogP) is 5.24. The molecule has 2 N–H and O–H groups in total. The number of aliphatic carboxylic acids is 1. The maximum Gasteiger partial charge on any atom is 0.341 e. The number of nitrogens with one attached hydrogen (secondary N) is 1. The van der Waals surface area contributed by atoms with E-state index in [4.69, 9.17) is 26.2 Å². The van der Waals surface area contributed by atoms with Crippen molar-refractivity contribution in [2.24, 2.45) is 0 Å². The Morgan fingerprint density at radius 3 is 2.62 bits per heavy atom. The Kier molecular flexibility index (Phi) is 7.80. The van der Waals surface area contributed by atoms with Crippen LogP contribution in [0.1, 0.15) is 68.9 Å². The molecular weight excluding hydrogens is 430 g/mol. The van der Waals surface area contributed by atoms with Crippen LogP contribution in [0.25, 0.3) is 0 Å². The molecule has 3 atom stereocenters. The van der Waals surface area contributed by atoms with Crippen LogP contribution in [0, 0.1) is 0 Å². The summed E-state index contributed by atoms with van der Waals surface area (Å²) in [6.07, 6.45) is 2.29. The molecule has 0 unspecified atom stereocenters. The van der Waals surface area contributed by atoms with Gasteiger partial charge in [-0.15, -0.1) is 0 Å². The number of aryl methyl sites for hydroxylation is 1. The van der Waals surface area contributed by atoms with Gasteiger partial charge in [-0.1, -0.05) is 43.1 Å². The highest BCUT2D eigenvalue weighted by molar-refractivity contribution is 6.30. The number of carbonyl (C=O) groups is 2. The lowest BCUT2D eigenvalue weighted by molar-refractivity contribution is -0.139.